The van der Waals surface area contributed by atoms with Gasteiger partial charge in [-0.1, -0.05) is 6.07 Å². The van der Waals surface area contributed by atoms with Crippen LogP contribution in [0, 0.1) is 17.7 Å². The van der Waals surface area contributed by atoms with Crippen molar-refractivity contribution < 1.29 is 22.4 Å². The molecule has 0 unspecified atom stereocenters. The molecule has 0 N–H and O–H groups in total. The summed E-state index contributed by atoms with van der Waals surface area (Å²) < 4.78 is 50.8. The molecule has 0 radical (unpaired) electrons. The summed E-state index contributed by atoms with van der Waals surface area (Å²) in [6.45, 7) is 1.58. The van der Waals surface area contributed by atoms with Gasteiger partial charge >= 0.3 is 6.18 Å². The molecule has 0 bridgehead atoms. The van der Waals surface area contributed by atoms with Crippen molar-refractivity contribution in [3.63, 3.8) is 0 Å². The number of hydrogen-bond donors (Lipinski definition) is 0. The lowest BCUT2D eigenvalue weighted by Gasteiger charge is -2.10. The summed E-state index contributed by atoms with van der Waals surface area (Å²) in [5, 5.41) is 0. The third kappa shape index (κ3) is 3.33. The molecular weight excluding hydrogens is 248 g/mol. The molecule has 0 saturated heterocycles. The lowest BCUT2D eigenvalue weighted by molar-refractivity contribution is -0.140. The molecule has 1 rings (SSSR count). The molecule has 0 aromatic heterocycles. The van der Waals surface area contributed by atoms with Gasteiger partial charge in [-0.3, -0.25) is 4.79 Å². The first-order chi connectivity index (χ1) is 8.38. The molecule has 1 aromatic rings. The van der Waals surface area contributed by atoms with E-state index in [-0.39, 0.29) is 12.8 Å². The number of alkyl halides is 3. The Morgan fingerprint density at radius 2 is 2.00 bits per heavy atom. The molecule has 0 fully saturated rings. The highest BCUT2D eigenvalue weighted by molar-refractivity contribution is 5.96. The van der Waals surface area contributed by atoms with Gasteiger partial charge in [0.1, 0.15) is 5.82 Å². The molecule has 1 aromatic carbocycles. The average molecular weight is 258 g/mol. The fourth-order valence-electron chi connectivity index (χ4n) is 1.40. The molecule has 0 saturated carbocycles. The Kier molecular flexibility index (Phi) is 4.49. The fourth-order valence-corrected chi connectivity index (χ4v) is 1.40. The smallest absolute Gasteiger partial charge is 0.294 e. The third-order valence-corrected chi connectivity index (χ3v) is 2.26. The van der Waals surface area contributed by atoms with E-state index in [1.807, 2.05) is 0 Å². The molecule has 18 heavy (non-hydrogen) atoms. The average Bonchev–Trinajstić information content (AvgIpc) is 2.28. The second kappa shape index (κ2) is 5.67. The monoisotopic (exact) mass is 258 g/mol. The van der Waals surface area contributed by atoms with E-state index in [0.29, 0.717) is 6.07 Å². The van der Waals surface area contributed by atoms with Crippen LogP contribution in [-0.2, 0) is 6.18 Å². The summed E-state index contributed by atoms with van der Waals surface area (Å²) in [5.74, 6) is 2.95. The lowest BCUT2D eigenvalue weighted by Crippen LogP contribution is -2.12. The Labute approximate surface area is 102 Å². The maximum atomic E-state index is 13.6. The molecule has 1 nitrogen and oxygen atoms in total. The number of ketones is 1. The number of carbonyl (C=O) groups is 1. The molecule has 0 aliphatic rings. The highest BCUT2D eigenvalue weighted by Crippen LogP contribution is 2.32. The molecular formula is C13H10F4O. The number of hydrogen-bond acceptors (Lipinski definition) is 1. The Morgan fingerprint density at radius 3 is 2.56 bits per heavy atom. The van der Waals surface area contributed by atoms with Crippen LogP contribution in [0.4, 0.5) is 17.6 Å². The minimum Gasteiger partial charge on any atom is -0.294 e. The number of benzene rings is 1. The Balaban J connectivity index is 3.03. The zero-order valence-electron chi connectivity index (χ0n) is 9.57. The topological polar surface area (TPSA) is 17.1 Å². The largest absolute Gasteiger partial charge is 0.419 e. The van der Waals surface area contributed by atoms with Crippen molar-refractivity contribution in [1.29, 1.82) is 0 Å². The van der Waals surface area contributed by atoms with Crippen molar-refractivity contribution in [2.45, 2.75) is 25.9 Å². The van der Waals surface area contributed by atoms with Gasteiger partial charge in [0.25, 0.3) is 0 Å². The van der Waals surface area contributed by atoms with Crippen LogP contribution in [0.25, 0.3) is 0 Å². The molecule has 96 valence electrons. The van der Waals surface area contributed by atoms with Gasteiger partial charge in [0.05, 0.1) is 11.1 Å². The normalized spacial score (nSPS) is 10.7. The van der Waals surface area contributed by atoms with Crippen LogP contribution in [0.15, 0.2) is 18.2 Å². The van der Waals surface area contributed by atoms with Crippen molar-refractivity contribution in [3.05, 3.63) is 35.1 Å². The van der Waals surface area contributed by atoms with Gasteiger partial charge in [0, 0.05) is 12.8 Å². The van der Waals surface area contributed by atoms with E-state index >= 15 is 0 Å². The van der Waals surface area contributed by atoms with E-state index < -0.39 is 28.9 Å². The molecule has 0 heterocycles. The second-order valence-corrected chi connectivity index (χ2v) is 3.51. The predicted molar refractivity (Wildman–Crippen MR) is 58.4 cm³/mol. The van der Waals surface area contributed by atoms with Gasteiger partial charge in [-0.05, 0) is 19.1 Å². The maximum absolute atomic E-state index is 13.6. The molecule has 0 aliphatic heterocycles. The van der Waals surface area contributed by atoms with Crippen LogP contribution >= 0.6 is 0 Å². The first-order valence-electron chi connectivity index (χ1n) is 5.16. The number of rotatable bonds is 3. The van der Waals surface area contributed by atoms with Gasteiger partial charge in [-0.2, -0.15) is 13.2 Å². The second-order valence-electron chi connectivity index (χ2n) is 3.51. The van der Waals surface area contributed by atoms with Gasteiger partial charge in [-0.15, -0.1) is 11.8 Å². The summed E-state index contributed by atoms with van der Waals surface area (Å²) in [6, 6.07) is 2.68. The Bertz CT molecular complexity index is 506. The van der Waals surface area contributed by atoms with E-state index in [0.717, 1.165) is 12.1 Å². The molecule has 0 aliphatic carbocycles. The highest BCUT2D eigenvalue weighted by atomic mass is 19.4. The van der Waals surface area contributed by atoms with Crippen LogP contribution in [-0.4, -0.2) is 5.78 Å². The predicted octanol–water partition coefficient (Wildman–Crippen LogP) is 3.83. The number of Topliss-reactive ketones (excluding diaryl/α,β-unsaturated/α-hetero) is 1. The van der Waals surface area contributed by atoms with Crippen molar-refractivity contribution in [1.82, 2.24) is 0 Å². The van der Waals surface area contributed by atoms with Gasteiger partial charge in [0.2, 0.25) is 0 Å². The Hall–Kier alpha value is -1.83. The van der Waals surface area contributed by atoms with Crippen LogP contribution in [0.2, 0.25) is 0 Å². The summed E-state index contributed by atoms with van der Waals surface area (Å²) in [4.78, 5) is 11.5. The standard InChI is InChI=1S/C13H10F4O/c1-2-3-4-8-11(18)9-6-5-7-10(12(9)14)13(15,16)17/h5-7H,4,8H2,1H3. The van der Waals surface area contributed by atoms with E-state index in [4.69, 9.17) is 0 Å². The van der Waals surface area contributed by atoms with Crippen LogP contribution in [0.5, 0.6) is 0 Å². The van der Waals surface area contributed by atoms with Gasteiger partial charge in [0.15, 0.2) is 5.78 Å². The van der Waals surface area contributed by atoms with E-state index in [1.165, 1.54) is 0 Å². The van der Waals surface area contributed by atoms with E-state index in [1.54, 1.807) is 6.92 Å². The van der Waals surface area contributed by atoms with Crippen molar-refractivity contribution in [2.75, 3.05) is 0 Å². The molecule has 0 amide bonds. The summed E-state index contributed by atoms with van der Waals surface area (Å²) in [6.07, 6.45) is -4.70. The van der Waals surface area contributed by atoms with E-state index in [9.17, 15) is 22.4 Å². The first-order valence-corrected chi connectivity index (χ1v) is 5.16. The molecule has 5 heteroatoms. The van der Waals surface area contributed by atoms with Gasteiger partial charge < -0.3 is 0 Å². The maximum Gasteiger partial charge on any atom is 0.419 e. The van der Waals surface area contributed by atoms with Crippen LogP contribution in [0.1, 0.15) is 35.7 Å². The summed E-state index contributed by atoms with van der Waals surface area (Å²) in [7, 11) is 0. The van der Waals surface area contributed by atoms with Crippen molar-refractivity contribution in [3.8, 4) is 11.8 Å². The van der Waals surface area contributed by atoms with E-state index in [2.05, 4.69) is 11.8 Å². The molecule has 0 atom stereocenters. The lowest BCUT2D eigenvalue weighted by atomic mass is 10.0. The summed E-state index contributed by atoms with van der Waals surface area (Å²) >= 11 is 0. The SMILES string of the molecule is CC#CCCC(=O)c1cccc(C(F)(F)F)c1F. The number of carbonyl (C=O) groups excluding carboxylic acids is 1. The quantitative estimate of drug-likeness (QED) is 0.457. The minimum absolute atomic E-state index is 0.0981. The summed E-state index contributed by atoms with van der Waals surface area (Å²) in [5.41, 5.74) is -1.96. The zero-order valence-corrected chi connectivity index (χ0v) is 9.57. The minimum atomic E-state index is -4.80. The van der Waals surface area contributed by atoms with Crippen LogP contribution in [0.3, 0.4) is 0 Å². The highest BCUT2D eigenvalue weighted by Gasteiger charge is 2.35. The van der Waals surface area contributed by atoms with Gasteiger partial charge in [-0.25, -0.2) is 4.39 Å². The van der Waals surface area contributed by atoms with Crippen molar-refractivity contribution in [2.24, 2.45) is 0 Å². The Morgan fingerprint density at radius 1 is 1.33 bits per heavy atom. The zero-order chi connectivity index (χ0) is 13.8. The first kappa shape index (κ1) is 14.2. The number of halogens is 4. The van der Waals surface area contributed by atoms with Crippen LogP contribution < -0.4 is 0 Å². The fraction of sp³-hybridized carbons (Fsp3) is 0.308. The third-order valence-electron chi connectivity index (χ3n) is 2.26. The van der Waals surface area contributed by atoms with Crippen molar-refractivity contribution >= 4 is 5.78 Å². The molecule has 0 spiro atoms.